The number of nitrogens with zero attached hydrogens (tertiary/aromatic N) is 3. The Hall–Kier alpha value is -4.44. The topological polar surface area (TPSA) is 201 Å². The van der Waals surface area contributed by atoms with E-state index >= 15 is 0 Å². The number of amides is 8. The van der Waals surface area contributed by atoms with E-state index < -0.39 is 41.5 Å². The molecule has 2 rings (SSSR count). The molecule has 2 aliphatic heterocycles. The largest absolute Gasteiger partial charge is 0.382 e. The van der Waals surface area contributed by atoms with Crippen LogP contribution < -0.4 is 16.0 Å². The van der Waals surface area contributed by atoms with Gasteiger partial charge in [0.05, 0.1) is 13.2 Å². The maximum absolute atomic E-state index is 13.3. The van der Waals surface area contributed by atoms with Crippen LogP contribution in [0.2, 0.25) is 0 Å². The summed E-state index contributed by atoms with van der Waals surface area (Å²) >= 11 is 0. The molecular weight excluding hydrogens is 652 g/mol. The number of hydrogen-bond donors (Lipinski definition) is 3. The second-order valence-electron chi connectivity index (χ2n) is 13.2. The molecule has 0 aromatic rings. The van der Waals surface area contributed by atoms with Crippen LogP contribution in [0.4, 0.5) is 0 Å². The molecule has 1 atom stereocenters. The third kappa shape index (κ3) is 15.8. The van der Waals surface area contributed by atoms with Crippen LogP contribution in [-0.2, 0) is 47.8 Å². The first kappa shape index (κ1) is 41.7. The number of methoxy groups -OCH3 is 1. The first-order chi connectivity index (χ1) is 23.7. The Morgan fingerprint density at radius 2 is 1.32 bits per heavy atom. The maximum atomic E-state index is 13.3. The third-order valence-electron chi connectivity index (χ3n) is 7.87. The Morgan fingerprint density at radius 1 is 0.760 bits per heavy atom. The van der Waals surface area contributed by atoms with Crippen LogP contribution in [0.3, 0.4) is 0 Å². The monoisotopic (exact) mass is 704 g/mol. The summed E-state index contributed by atoms with van der Waals surface area (Å²) in [5.41, 5.74) is 0.102. The summed E-state index contributed by atoms with van der Waals surface area (Å²) in [6.07, 6.45) is 7.01. The summed E-state index contributed by atoms with van der Waals surface area (Å²) in [5, 5.41) is 8.36. The van der Waals surface area contributed by atoms with E-state index in [1.54, 1.807) is 0 Å². The van der Waals surface area contributed by atoms with Gasteiger partial charge in [-0.25, -0.2) is 0 Å². The molecule has 278 valence electrons. The minimum Gasteiger partial charge on any atom is -0.382 e. The lowest BCUT2D eigenvalue weighted by Crippen LogP contribution is -2.47. The van der Waals surface area contributed by atoms with E-state index in [4.69, 9.17) is 9.47 Å². The molecule has 0 aromatic heterocycles. The minimum absolute atomic E-state index is 0.0708. The van der Waals surface area contributed by atoms with Gasteiger partial charge >= 0.3 is 0 Å². The molecule has 2 heterocycles. The van der Waals surface area contributed by atoms with Crippen molar-refractivity contribution in [1.29, 1.82) is 0 Å². The van der Waals surface area contributed by atoms with Gasteiger partial charge in [-0.1, -0.05) is 20.8 Å². The zero-order valence-electron chi connectivity index (χ0n) is 29.6. The van der Waals surface area contributed by atoms with Crippen LogP contribution in [0, 0.1) is 5.41 Å². The summed E-state index contributed by atoms with van der Waals surface area (Å²) in [4.78, 5) is 103. The van der Waals surface area contributed by atoms with Gasteiger partial charge in [0.25, 0.3) is 23.6 Å². The van der Waals surface area contributed by atoms with Crippen molar-refractivity contribution < 1.29 is 47.8 Å². The second-order valence-corrected chi connectivity index (χ2v) is 13.2. The average Bonchev–Trinajstić information content (AvgIpc) is 3.56. The van der Waals surface area contributed by atoms with Gasteiger partial charge in [-0.3, -0.25) is 48.2 Å². The Balaban J connectivity index is 1.94. The van der Waals surface area contributed by atoms with Crippen LogP contribution in [0.5, 0.6) is 0 Å². The Kier molecular flexibility index (Phi) is 18.0. The van der Waals surface area contributed by atoms with E-state index in [-0.39, 0.29) is 62.9 Å². The fourth-order valence-corrected chi connectivity index (χ4v) is 5.03. The van der Waals surface area contributed by atoms with E-state index in [9.17, 15) is 38.4 Å². The highest BCUT2D eigenvalue weighted by molar-refractivity contribution is 6.13. The minimum atomic E-state index is -0.865. The highest BCUT2D eigenvalue weighted by Crippen LogP contribution is 2.19. The number of carbonyl (C=O) groups is 8. The number of nitrogens with one attached hydrogen (secondary N) is 3. The summed E-state index contributed by atoms with van der Waals surface area (Å²) in [6.45, 7) is 7.35. The fourth-order valence-electron chi connectivity index (χ4n) is 5.03. The zero-order chi connectivity index (χ0) is 37.1. The summed E-state index contributed by atoms with van der Waals surface area (Å²) in [7, 11) is 1.54. The number of ether oxygens (including phenoxy) is 2. The number of carbonyl (C=O) groups excluding carboxylic acids is 8. The smallest absolute Gasteiger partial charge is 0.253 e. The van der Waals surface area contributed by atoms with Gasteiger partial charge in [-0.2, -0.15) is 0 Å². The molecule has 0 saturated heterocycles. The normalized spacial score (nSPS) is 14.8. The molecule has 0 unspecified atom stereocenters. The van der Waals surface area contributed by atoms with Crippen molar-refractivity contribution in [2.45, 2.75) is 71.8 Å². The van der Waals surface area contributed by atoms with Crippen molar-refractivity contribution in [3.8, 4) is 0 Å². The molecule has 50 heavy (non-hydrogen) atoms. The van der Waals surface area contributed by atoms with E-state index in [1.807, 2.05) is 0 Å². The van der Waals surface area contributed by atoms with Crippen LogP contribution >= 0.6 is 0 Å². The lowest BCUT2D eigenvalue weighted by molar-refractivity contribution is -0.140. The van der Waals surface area contributed by atoms with Crippen molar-refractivity contribution in [3.63, 3.8) is 0 Å². The molecule has 8 amide bonds. The molecule has 0 spiro atoms. The molecule has 0 bridgehead atoms. The van der Waals surface area contributed by atoms with E-state index in [0.29, 0.717) is 45.6 Å². The van der Waals surface area contributed by atoms with Gasteiger partial charge in [0.1, 0.15) is 12.6 Å². The van der Waals surface area contributed by atoms with E-state index in [2.05, 4.69) is 36.7 Å². The Labute approximate surface area is 293 Å². The maximum Gasteiger partial charge on any atom is 0.253 e. The molecule has 0 saturated carbocycles. The molecule has 16 heteroatoms. The Morgan fingerprint density at radius 3 is 1.86 bits per heavy atom. The molecule has 0 radical (unpaired) electrons. The number of imide groups is 2. The Bertz CT molecular complexity index is 1210. The SMILES string of the molecule is COCCOCC(=O)NCCCC[C@H](NC(=O)CCC(=O)N(CCN1C(=O)C=CC1=O)CCN1C(=O)C=CC1=O)C(=O)NCCCC(C)(C)C. The van der Waals surface area contributed by atoms with Gasteiger partial charge in [0.2, 0.25) is 23.6 Å². The lowest BCUT2D eigenvalue weighted by atomic mass is 9.91. The highest BCUT2D eigenvalue weighted by Gasteiger charge is 2.28. The number of rotatable bonds is 24. The van der Waals surface area contributed by atoms with Crippen LogP contribution in [-0.4, -0.2) is 134 Å². The van der Waals surface area contributed by atoms with E-state index in [1.165, 1.54) is 12.0 Å². The summed E-state index contributed by atoms with van der Waals surface area (Å²) in [6, 6.07) is -0.865. The van der Waals surface area contributed by atoms with Gasteiger partial charge in [-0.15, -0.1) is 0 Å². The quantitative estimate of drug-likeness (QED) is 0.0895. The molecule has 16 nitrogen and oxygen atoms in total. The molecule has 0 fully saturated rings. The molecule has 2 aliphatic rings. The van der Waals surface area contributed by atoms with Gasteiger partial charge in [0.15, 0.2) is 0 Å². The van der Waals surface area contributed by atoms with Crippen molar-refractivity contribution >= 4 is 47.3 Å². The average molecular weight is 705 g/mol. The lowest BCUT2D eigenvalue weighted by Gasteiger charge is -2.27. The van der Waals surface area contributed by atoms with E-state index in [0.717, 1.165) is 46.9 Å². The molecular formula is C34H52N6O10. The highest BCUT2D eigenvalue weighted by atomic mass is 16.5. The van der Waals surface area contributed by atoms with Gasteiger partial charge in [0, 0.05) is 83.5 Å². The predicted octanol–water partition coefficient (Wildman–Crippen LogP) is -0.178. The zero-order valence-corrected chi connectivity index (χ0v) is 29.6. The van der Waals surface area contributed by atoms with Crippen molar-refractivity contribution in [2.24, 2.45) is 5.41 Å². The number of unbranched alkanes of at least 4 members (excludes halogenated alkanes) is 1. The first-order valence-electron chi connectivity index (χ1n) is 17.0. The molecule has 0 aromatic carbocycles. The van der Waals surface area contributed by atoms with Crippen LogP contribution in [0.25, 0.3) is 0 Å². The first-order valence-corrected chi connectivity index (χ1v) is 17.0. The van der Waals surface area contributed by atoms with Crippen LogP contribution in [0.15, 0.2) is 24.3 Å². The standard InChI is InChI=1S/C34H52N6O10/c1-34(2,3)15-7-17-36-33(48)25(8-5-6-16-35-27(42)24-50-23-22-49-4)37-26(41)9-10-28(43)38(18-20-39-29(44)11-12-30(39)45)19-21-40-31(46)13-14-32(40)47/h11-14,25H,5-10,15-24H2,1-4H3,(H,35,42)(H,36,48)(H,37,41)/t25-/m0/s1. The second kappa shape index (κ2) is 21.6. The van der Waals surface area contributed by atoms with Crippen LogP contribution in [0.1, 0.15) is 65.7 Å². The number of hydrogen-bond acceptors (Lipinski definition) is 10. The van der Waals surface area contributed by atoms with Crippen molar-refractivity contribution in [2.75, 3.05) is 66.2 Å². The van der Waals surface area contributed by atoms with Gasteiger partial charge < -0.3 is 30.3 Å². The summed E-state index contributed by atoms with van der Waals surface area (Å²) < 4.78 is 10.1. The molecule has 3 N–H and O–H groups in total. The molecule has 0 aliphatic carbocycles. The fraction of sp³-hybridized carbons (Fsp3) is 0.647. The predicted molar refractivity (Wildman–Crippen MR) is 181 cm³/mol. The van der Waals surface area contributed by atoms with Crippen molar-refractivity contribution in [1.82, 2.24) is 30.7 Å². The van der Waals surface area contributed by atoms with Gasteiger partial charge in [-0.05, 0) is 37.5 Å². The van der Waals surface area contributed by atoms with Crippen molar-refractivity contribution in [3.05, 3.63) is 24.3 Å². The third-order valence-corrected chi connectivity index (χ3v) is 7.87. The summed E-state index contributed by atoms with van der Waals surface area (Å²) in [5.74, 6) is -3.73.